The Kier molecular flexibility index (Phi) is 3.55. The van der Waals surface area contributed by atoms with Gasteiger partial charge in [0.1, 0.15) is 0 Å². The normalized spacial score (nSPS) is 10.9. The van der Waals surface area contributed by atoms with Crippen molar-refractivity contribution in [3.8, 4) is 0 Å². The molecule has 0 radical (unpaired) electrons. The first-order chi connectivity index (χ1) is 8.28. The number of aromatic nitrogens is 1. The molecule has 2 rings (SSSR count). The number of anilines is 1. The van der Waals surface area contributed by atoms with E-state index in [1.807, 2.05) is 54.6 Å². The van der Waals surface area contributed by atoms with E-state index in [4.69, 9.17) is 5.73 Å². The molecule has 17 heavy (non-hydrogen) atoms. The highest BCUT2D eigenvalue weighted by Gasteiger charge is 1.92. The maximum atomic E-state index is 5.64. The second-order valence-electron chi connectivity index (χ2n) is 3.91. The average Bonchev–Trinajstić information content (AvgIpc) is 2.38. The van der Waals surface area contributed by atoms with Crippen LogP contribution in [-0.2, 0) is 6.42 Å². The van der Waals surface area contributed by atoms with Crippen LogP contribution in [0.2, 0.25) is 0 Å². The fraction of sp³-hybridized carbons (Fsp3) is 0.133. The van der Waals surface area contributed by atoms with Crippen molar-refractivity contribution >= 4 is 17.8 Å². The van der Waals surface area contributed by atoms with E-state index in [0.717, 1.165) is 29.1 Å². The maximum absolute atomic E-state index is 5.64. The molecule has 0 bridgehead atoms. The summed E-state index contributed by atoms with van der Waals surface area (Å²) in [5.41, 5.74) is 9.65. The van der Waals surface area contributed by atoms with Crippen molar-refractivity contribution < 1.29 is 0 Å². The van der Waals surface area contributed by atoms with Gasteiger partial charge in [-0.1, -0.05) is 31.2 Å². The molecular weight excluding hydrogens is 208 g/mol. The highest BCUT2D eigenvalue weighted by Crippen LogP contribution is 2.10. The van der Waals surface area contributed by atoms with Crippen LogP contribution in [0.1, 0.15) is 23.9 Å². The lowest BCUT2D eigenvalue weighted by Gasteiger charge is -1.98. The quantitative estimate of drug-likeness (QED) is 0.811. The van der Waals surface area contributed by atoms with Gasteiger partial charge in [-0.25, -0.2) is 0 Å². The average molecular weight is 224 g/mol. The number of rotatable bonds is 3. The number of hydrogen-bond acceptors (Lipinski definition) is 2. The first-order valence-corrected chi connectivity index (χ1v) is 5.77. The van der Waals surface area contributed by atoms with E-state index in [-0.39, 0.29) is 0 Å². The second kappa shape index (κ2) is 5.30. The number of nitrogen functional groups attached to an aromatic ring is 1. The topological polar surface area (TPSA) is 38.9 Å². The van der Waals surface area contributed by atoms with E-state index in [0.29, 0.717) is 0 Å². The Balaban J connectivity index is 2.16. The zero-order valence-electron chi connectivity index (χ0n) is 9.93. The SMILES string of the molecule is CCc1cccc(C=Cc2ccc(N)cc2)n1. The summed E-state index contributed by atoms with van der Waals surface area (Å²) in [5, 5.41) is 0. The number of hydrogen-bond donors (Lipinski definition) is 1. The Morgan fingerprint density at radius 3 is 2.53 bits per heavy atom. The van der Waals surface area contributed by atoms with Gasteiger partial charge in [-0.2, -0.15) is 0 Å². The summed E-state index contributed by atoms with van der Waals surface area (Å²) in [7, 11) is 0. The molecule has 2 nitrogen and oxygen atoms in total. The lowest BCUT2D eigenvalue weighted by Crippen LogP contribution is -1.88. The van der Waals surface area contributed by atoms with Crippen LogP contribution in [0.25, 0.3) is 12.2 Å². The second-order valence-corrected chi connectivity index (χ2v) is 3.91. The summed E-state index contributed by atoms with van der Waals surface area (Å²) >= 11 is 0. The smallest absolute Gasteiger partial charge is 0.0633 e. The maximum Gasteiger partial charge on any atom is 0.0633 e. The fourth-order valence-corrected chi connectivity index (χ4v) is 1.58. The number of nitrogens with zero attached hydrogens (tertiary/aromatic N) is 1. The molecule has 1 aromatic carbocycles. The van der Waals surface area contributed by atoms with E-state index in [1.54, 1.807) is 0 Å². The van der Waals surface area contributed by atoms with E-state index in [1.165, 1.54) is 0 Å². The lowest BCUT2D eigenvalue weighted by atomic mass is 10.2. The third kappa shape index (κ3) is 3.18. The van der Waals surface area contributed by atoms with Crippen LogP contribution < -0.4 is 5.73 Å². The molecule has 0 spiro atoms. The molecule has 2 N–H and O–H groups in total. The molecule has 0 aliphatic rings. The zero-order valence-corrected chi connectivity index (χ0v) is 9.93. The molecule has 0 atom stereocenters. The van der Waals surface area contributed by atoms with Crippen molar-refractivity contribution in [1.82, 2.24) is 4.98 Å². The molecule has 1 heterocycles. The first-order valence-electron chi connectivity index (χ1n) is 5.77. The molecule has 0 fully saturated rings. The summed E-state index contributed by atoms with van der Waals surface area (Å²) < 4.78 is 0. The van der Waals surface area contributed by atoms with Crippen molar-refractivity contribution in [2.75, 3.05) is 5.73 Å². The van der Waals surface area contributed by atoms with Crippen molar-refractivity contribution in [1.29, 1.82) is 0 Å². The van der Waals surface area contributed by atoms with E-state index in [9.17, 15) is 0 Å². The van der Waals surface area contributed by atoms with Gasteiger partial charge in [0.25, 0.3) is 0 Å². The highest BCUT2D eigenvalue weighted by atomic mass is 14.7. The number of pyridine rings is 1. The Labute approximate surface area is 102 Å². The van der Waals surface area contributed by atoms with Crippen molar-refractivity contribution in [3.05, 3.63) is 59.4 Å². The van der Waals surface area contributed by atoms with Gasteiger partial charge in [-0.05, 0) is 42.3 Å². The molecule has 1 aromatic heterocycles. The van der Waals surface area contributed by atoms with E-state index in [2.05, 4.69) is 11.9 Å². The van der Waals surface area contributed by atoms with Crippen LogP contribution in [0, 0.1) is 0 Å². The molecular formula is C15H16N2. The largest absolute Gasteiger partial charge is 0.399 e. The third-order valence-electron chi connectivity index (χ3n) is 2.57. The van der Waals surface area contributed by atoms with Gasteiger partial charge in [-0.3, -0.25) is 4.98 Å². The molecule has 86 valence electrons. The van der Waals surface area contributed by atoms with Crippen LogP contribution in [-0.4, -0.2) is 4.98 Å². The summed E-state index contributed by atoms with van der Waals surface area (Å²) in [4.78, 5) is 4.51. The Hall–Kier alpha value is -2.09. The predicted molar refractivity (Wildman–Crippen MR) is 73.4 cm³/mol. The molecule has 0 unspecified atom stereocenters. The van der Waals surface area contributed by atoms with Gasteiger partial charge in [0.15, 0.2) is 0 Å². The van der Waals surface area contributed by atoms with Crippen molar-refractivity contribution in [2.24, 2.45) is 0 Å². The van der Waals surface area contributed by atoms with Gasteiger partial charge in [0.2, 0.25) is 0 Å². The minimum Gasteiger partial charge on any atom is -0.399 e. The van der Waals surface area contributed by atoms with E-state index >= 15 is 0 Å². The van der Waals surface area contributed by atoms with Crippen LogP contribution in [0.4, 0.5) is 5.69 Å². The highest BCUT2D eigenvalue weighted by molar-refractivity contribution is 5.68. The summed E-state index contributed by atoms with van der Waals surface area (Å²) in [6.07, 6.45) is 5.02. The third-order valence-corrected chi connectivity index (χ3v) is 2.57. The number of aryl methyl sites for hydroxylation is 1. The van der Waals surface area contributed by atoms with Crippen LogP contribution in [0.3, 0.4) is 0 Å². The molecule has 0 aliphatic carbocycles. The van der Waals surface area contributed by atoms with Crippen LogP contribution >= 0.6 is 0 Å². The fourth-order valence-electron chi connectivity index (χ4n) is 1.58. The van der Waals surface area contributed by atoms with Crippen LogP contribution in [0.15, 0.2) is 42.5 Å². The number of benzene rings is 1. The number of nitrogens with two attached hydrogens (primary N) is 1. The van der Waals surface area contributed by atoms with Crippen LogP contribution in [0.5, 0.6) is 0 Å². The molecule has 0 saturated heterocycles. The Morgan fingerprint density at radius 1 is 1.06 bits per heavy atom. The minimum atomic E-state index is 0.785. The summed E-state index contributed by atoms with van der Waals surface area (Å²) in [6, 6.07) is 13.9. The molecule has 0 saturated carbocycles. The standard InChI is InChI=1S/C15H16N2/c1-2-14-4-3-5-15(17-14)11-8-12-6-9-13(16)10-7-12/h3-11H,2,16H2,1H3. The van der Waals surface area contributed by atoms with Gasteiger partial charge in [-0.15, -0.1) is 0 Å². The first kappa shape index (κ1) is 11.4. The van der Waals surface area contributed by atoms with Gasteiger partial charge in [0.05, 0.1) is 5.69 Å². The van der Waals surface area contributed by atoms with E-state index < -0.39 is 0 Å². The lowest BCUT2D eigenvalue weighted by molar-refractivity contribution is 1.03. The van der Waals surface area contributed by atoms with Gasteiger partial charge in [0, 0.05) is 11.4 Å². The van der Waals surface area contributed by atoms with Gasteiger partial charge < -0.3 is 5.73 Å². The van der Waals surface area contributed by atoms with Crippen molar-refractivity contribution in [3.63, 3.8) is 0 Å². The molecule has 2 heteroatoms. The zero-order chi connectivity index (χ0) is 12.1. The Morgan fingerprint density at radius 2 is 1.82 bits per heavy atom. The molecule has 0 aliphatic heterocycles. The minimum absolute atomic E-state index is 0.785. The Bertz CT molecular complexity index is 513. The summed E-state index contributed by atoms with van der Waals surface area (Å²) in [5.74, 6) is 0. The monoisotopic (exact) mass is 224 g/mol. The summed E-state index contributed by atoms with van der Waals surface area (Å²) in [6.45, 7) is 2.11. The predicted octanol–water partition coefficient (Wildman–Crippen LogP) is 3.40. The molecule has 2 aromatic rings. The van der Waals surface area contributed by atoms with Crippen molar-refractivity contribution in [2.45, 2.75) is 13.3 Å². The molecule has 0 amide bonds. The van der Waals surface area contributed by atoms with Gasteiger partial charge >= 0.3 is 0 Å².